The average Bonchev–Trinajstić information content (AvgIpc) is 3.06. The summed E-state index contributed by atoms with van der Waals surface area (Å²) in [5.41, 5.74) is 0. The van der Waals surface area contributed by atoms with Gasteiger partial charge in [0.2, 0.25) is 11.8 Å². The summed E-state index contributed by atoms with van der Waals surface area (Å²) in [7, 11) is 2.98. The van der Waals surface area contributed by atoms with Crippen LogP contribution < -0.4 is 9.47 Å². The van der Waals surface area contributed by atoms with E-state index in [0.717, 1.165) is 11.8 Å². The molecule has 0 spiro atoms. The van der Waals surface area contributed by atoms with E-state index in [0.29, 0.717) is 30.1 Å². The van der Waals surface area contributed by atoms with Crippen molar-refractivity contribution in [1.82, 2.24) is 9.97 Å². The molecule has 1 atom stereocenters. The molecular weight excluding hydrogens is 312 g/mol. The fourth-order valence-corrected chi connectivity index (χ4v) is 2.69. The van der Waals surface area contributed by atoms with Crippen molar-refractivity contribution >= 4 is 17.7 Å². The molecular formula is C13H18N2O6S. The van der Waals surface area contributed by atoms with Crippen LogP contribution in [0.4, 0.5) is 0 Å². The van der Waals surface area contributed by atoms with Crippen molar-refractivity contribution in [2.45, 2.75) is 23.6 Å². The molecule has 1 saturated heterocycles. The Kier molecular flexibility index (Phi) is 6.22. The molecule has 0 radical (unpaired) electrons. The largest absolute Gasteiger partial charge is 0.481 e. The Morgan fingerprint density at radius 1 is 1.32 bits per heavy atom. The Morgan fingerprint density at radius 2 is 1.91 bits per heavy atom. The molecule has 1 aromatic heterocycles. The van der Waals surface area contributed by atoms with Crippen molar-refractivity contribution < 1.29 is 28.5 Å². The third-order valence-electron chi connectivity index (χ3n) is 2.72. The molecule has 1 fully saturated rings. The molecule has 2 heterocycles. The van der Waals surface area contributed by atoms with Crippen LogP contribution in [0.2, 0.25) is 0 Å². The maximum atomic E-state index is 12.1. The molecule has 1 aliphatic heterocycles. The summed E-state index contributed by atoms with van der Waals surface area (Å²) in [6.07, 6.45) is -0.690. The van der Waals surface area contributed by atoms with Crippen molar-refractivity contribution in [3.05, 3.63) is 6.07 Å². The fraction of sp³-hybridized carbons (Fsp3) is 0.615. The second kappa shape index (κ2) is 8.16. The average molecular weight is 330 g/mol. The summed E-state index contributed by atoms with van der Waals surface area (Å²) in [6, 6.07) is 1.55. The van der Waals surface area contributed by atoms with Crippen LogP contribution in [0.3, 0.4) is 0 Å². The second-order valence-electron chi connectivity index (χ2n) is 4.14. The number of methoxy groups -OCH3 is 2. The predicted octanol–water partition coefficient (Wildman–Crippen LogP) is 0.890. The lowest BCUT2D eigenvalue weighted by atomic mass is 10.4. The monoisotopic (exact) mass is 330 g/mol. The molecule has 0 aromatic carbocycles. The van der Waals surface area contributed by atoms with Crippen molar-refractivity contribution in [3.63, 3.8) is 0 Å². The van der Waals surface area contributed by atoms with Gasteiger partial charge in [0.25, 0.3) is 0 Å². The van der Waals surface area contributed by atoms with Gasteiger partial charge in [-0.1, -0.05) is 11.8 Å². The highest BCUT2D eigenvalue weighted by Gasteiger charge is 2.36. The molecule has 0 amide bonds. The van der Waals surface area contributed by atoms with Gasteiger partial charge in [-0.15, -0.1) is 0 Å². The second-order valence-corrected chi connectivity index (χ2v) is 5.24. The lowest BCUT2D eigenvalue weighted by molar-refractivity contribution is -0.150. The molecule has 0 saturated carbocycles. The first-order valence-corrected chi connectivity index (χ1v) is 7.59. The molecule has 8 nitrogen and oxygen atoms in total. The summed E-state index contributed by atoms with van der Waals surface area (Å²) >= 11 is 1.09. The van der Waals surface area contributed by atoms with Gasteiger partial charge in [0.15, 0.2) is 16.7 Å². The number of aromatic nitrogens is 2. The zero-order valence-corrected chi connectivity index (χ0v) is 13.4. The number of carbonyl (C=O) groups excluding carboxylic acids is 1. The molecule has 2 rings (SSSR count). The molecule has 1 aromatic rings. The van der Waals surface area contributed by atoms with Crippen LogP contribution in [0.15, 0.2) is 11.2 Å². The van der Waals surface area contributed by atoms with Crippen molar-refractivity contribution in [1.29, 1.82) is 0 Å². The van der Waals surface area contributed by atoms with Crippen LogP contribution in [0.25, 0.3) is 0 Å². The summed E-state index contributed by atoms with van der Waals surface area (Å²) in [5.74, 6) is 0.236. The topological polar surface area (TPSA) is 89.0 Å². The van der Waals surface area contributed by atoms with Gasteiger partial charge < -0.3 is 23.7 Å². The zero-order valence-electron chi connectivity index (χ0n) is 12.6. The minimum absolute atomic E-state index is 0.269. The first-order valence-electron chi connectivity index (χ1n) is 6.71. The van der Waals surface area contributed by atoms with E-state index < -0.39 is 17.5 Å². The molecule has 1 aliphatic rings. The van der Waals surface area contributed by atoms with E-state index in [4.69, 9.17) is 23.7 Å². The minimum Gasteiger partial charge on any atom is -0.481 e. The smallest absolute Gasteiger partial charge is 0.324 e. The highest BCUT2D eigenvalue weighted by molar-refractivity contribution is 8.00. The quantitative estimate of drug-likeness (QED) is 0.411. The number of esters is 1. The third kappa shape index (κ3) is 4.21. The normalized spacial score (nSPS) is 16.3. The first kappa shape index (κ1) is 16.8. The maximum absolute atomic E-state index is 12.1. The van der Waals surface area contributed by atoms with Gasteiger partial charge in [0.1, 0.15) is 0 Å². The number of thioether (sulfide) groups is 1. The van der Waals surface area contributed by atoms with Gasteiger partial charge in [0.05, 0.1) is 40.1 Å². The Balaban J connectivity index is 2.20. The third-order valence-corrected chi connectivity index (χ3v) is 3.78. The molecule has 1 unspecified atom stereocenters. The fourth-order valence-electron chi connectivity index (χ4n) is 1.75. The molecule has 22 heavy (non-hydrogen) atoms. The van der Waals surface area contributed by atoms with Crippen LogP contribution >= 0.6 is 11.8 Å². The van der Waals surface area contributed by atoms with Crippen molar-refractivity contribution in [2.24, 2.45) is 0 Å². The van der Waals surface area contributed by atoms with Crippen LogP contribution in [-0.4, -0.2) is 61.5 Å². The summed E-state index contributed by atoms with van der Waals surface area (Å²) in [5, 5.41) is -0.410. The lowest BCUT2D eigenvalue weighted by Gasteiger charge is -2.19. The Morgan fingerprint density at radius 3 is 2.41 bits per heavy atom. The van der Waals surface area contributed by atoms with E-state index in [1.807, 2.05) is 0 Å². The van der Waals surface area contributed by atoms with E-state index in [1.165, 1.54) is 14.2 Å². The van der Waals surface area contributed by atoms with Crippen molar-refractivity contribution in [3.8, 4) is 11.8 Å². The van der Waals surface area contributed by atoms with E-state index in [9.17, 15) is 4.79 Å². The highest BCUT2D eigenvalue weighted by atomic mass is 32.2. The van der Waals surface area contributed by atoms with E-state index in [1.54, 1.807) is 13.0 Å². The molecule has 0 bridgehead atoms. The zero-order chi connectivity index (χ0) is 15.9. The Bertz CT molecular complexity index is 487. The van der Waals surface area contributed by atoms with E-state index in [2.05, 4.69) is 9.97 Å². The first-order chi connectivity index (χ1) is 10.7. The van der Waals surface area contributed by atoms with Gasteiger partial charge in [-0.3, -0.25) is 4.79 Å². The van der Waals surface area contributed by atoms with Crippen LogP contribution in [0.1, 0.15) is 6.92 Å². The number of nitrogens with zero attached hydrogens (tertiary/aromatic N) is 2. The predicted molar refractivity (Wildman–Crippen MR) is 77.1 cm³/mol. The Hall–Kier alpha value is -1.58. The molecule has 9 heteroatoms. The molecule has 122 valence electrons. The number of rotatable bonds is 7. The Labute approximate surface area is 132 Å². The van der Waals surface area contributed by atoms with E-state index in [-0.39, 0.29) is 6.61 Å². The summed E-state index contributed by atoms with van der Waals surface area (Å²) < 4.78 is 26.1. The minimum atomic E-state index is -0.723. The SMILES string of the molecule is CCOC(=O)C(Sc1nc(OC)cc(OC)n1)C1OCCO1. The van der Waals surface area contributed by atoms with Gasteiger partial charge in [-0.25, -0.2) is 0 Å². The van der Waals surface area contributed by atoms with Gasteiger partial charge in [0, 0.05) is 0 Å². The number of carbonyl (C=O) groups is 1. The van der Waals surface area contributed by atoms with Crippen molar-refractivity contribution in [2.75, 3.05) is 34.0 Å². The van der Waals surface area contributed by atoms with E-state index >= 15 is 0 Å². The highest BCUT2D eigenvalue weighted by Crippen LogP contribution is 2.30. The molecule has 0 aliphatic carbocycles. The lowest BCUT2D eigenvalue weighted by Crippen LogP contribution is -2.33. The number of hydrogen-bond donors (Lipinski definition) is 0. The van der Waals surface area contributed by atoms with Crippen LogP contribution in [0.5, 0.6) is 11.8 Å². The molecule has 0 N–H and O–H groups in total. The van der Waals surface area contributed by atoms with Gasteiger partial charge in [-0.2, -0.15) is 9.97 Å². The van der Waals surface area contributed by atoms with Gasteiger partial charge in [-0.05, 0) is 6.92 Å². The standard InChI is InChI=1S/C13H18N2O6S/c1-4-19-11(16)10(12-20-5-6-21-12)22-13-14-8(17-2)7-9(15-13)18-3/h7,10,12H,4-6H2,1-3H3. The van der Waals surface area contributed by atoms with Crippen LogP contribution in [-0.2, 0) is 19.0 Å². The van der Waals surface area contributed by atoms with Gasteiger partial charge >= 0.3 is 5.97 Å². The summed E-state index contributed by atoms with van der Waals surface area (Å²) in [4.78, 5) is 20.5. The van der Waals surface area contributed by atoms with Crippen LogP contribution in [0, 0.1) is 0 Å². The maximum Gasteiger partial charge on any atom is 0.324 e. The number of ether oxygens (including phenoxy) is 5. The summed E-state index contributed by atoms with van der Waals surface area (Å²) in [6.45, 7) is 2.87. The number of hydrogen-bond acceptors (Lipinski definition) is 9.